The Morgan fingerprint density at radius 1 is 1.13 bits per heavy atom. The minimum Gasteiger partial charge on any atom is -0.308 e. The van der Waals surface area contributed by atoms with Crippen LogP contribution in [0.2, 0.25) is 0 Å². The van der Waals surface area contributed by atoms with Crippen molar-refractivity contribution in [1.82, 2.24) is 19.6 Å². The van der Waals surface area contributed by atoms with E-state index in [1.807, 2.05) is 48.9 Å². The second-order valence-corrected chi connectivity index (χ2v) is 5.52. The van der Waals surface area contributed by atoms with Crippen LogP contribution < -0.4 is 5.32 Å². The fraction of sp³-hybridized carbons (Fsp3) is 0.235. The molecule has 0 unspecified atom stereocenters. The lowest BCUT2D eigenvalue weighted by atomic mass is 10.2. The summed E-state index contributed by atoms with van der Waals surface area (Å²) in [5.74, 6) is 0.421. The van der Waals surface area contributed by atoms with Gasteiger partial charge in [-0.05, 0) is 25.5 Å². The van der Waals surface area contributed by atoms with Gasteiger partial charge in [0.1, 0.15) is 6.54 Å². The molecule has 0 atom stereocenters. The third-order valence-electron chi connectivity index (χ3n) is 3.50. The summed E-state index contributed by atoms with van der Waals surface area (Å²) >= 11 is 0. The Kier molecular flexibility index (Phi) is 4.23. The quantitative estimate of drug-likeness (QED) is 0.787. The van der Waals surface area contributed by atoms with Crippen LogP contribution in [0.3, 0.4) is 0 Å². The summed E-state index contributed by atoms with van der Waals surface area (Å²) in [5, 5.41) is 11.5. The van der Waals surface area contributed by atoms with Gasteiger partial charge in [-0.15, -0.1) is 0 Å². The molecule has 118 valence electrons. The lowest BCUT2D eigenvalue weighted by molar-refractivity contribution is -0.116. The zero-order chi connectivity index (χ0) is 16.2. The fourth-order valence-corrected chi connectivity index (χ4v) is 2.37. The van der Waals surface area contributed by atoms with Crippen LogP contribution in [0.15, 0.2) is 48.7 Å². The second kappa shape index (κ2) is 6.48. The average Bonchev–Trinajstić information content (AvgIpc) is 3.06. The Labute approximate surface area is 134 Å². The number of nitrogens with one attached hydrogen (secondary N) is 1. The number of anilines is 1. The van der Waals surface area contributed by atoms with Crippen LogP contribution in [0.1, 0.15) is 17.0 Å². The zero-order valence-corrected chi connectivity index (χ0v) is 13.2. The molecule has 3 aromatic rings. The molecule has 2 heterocycles. The van der Waals surface area contributed by atoms with Crippen LogP contribution in [0.5, 0.6) is 0 Å². The van der Waals surface area contributed by atoms with Gasteiger partial charge in [0, 0.05) is 18.0 Å². The van der Waals surface area contributed by atoms with E-state index in [2.05, 4.69) is 27.6 Å². The summed E-state index contributed by atoms with van der Waals surface area (Å²) in [6.07, 6.45) is 1.79. The molecule has 0 bridgehead atoms. The van der Waals surface area contributed by atoms with E-state index in [1.165, 1.54) is 5.56 Å². The third-order valence-corrected chi connectivity index (χ3v) is 3.50. The molecule has 6 heteroatoms. The van der Waals surface area contributed by atoms with E-state index >= 15 is 0 Å². The van der Waals surface area contributed by atoms with E-state index < -0.39 is 0 Å². The van der Waals surface area contributed by atoms with Crippen LogP contribution in [0.25, 0.3) is 0 Å². The standard InChI is InChI=1S/C17H19N5O/c1-13-8-9-21(19-13)12-17(23)18-16-10-14(2)22(20-16)11-15-6-4-3-5-7-15/h3-10H,11-12H2,1-2H3,(H,18,20,23). The Bertz CT molecular complexity index is 804. The number of amides is 1. The maximum atomic E-state index is 12.0. The first kappa shape index (κ1) is 15.0. The van der Waals surface area contributed by atoms with Crippen LogP contribution in [-0.4, -0.2) is 25.5 Å². The molecule has 0 radical (unpaired) electrons. The molecule has 6 nitrogen and oxygen atoms in total. The molecule has 0 saturated carbocycles. The largest absolute Gasteiger partial charge is 0.308 e. The summed E-state index contributed by atoms with van der Waals surface area (Å²) in [5.41, 5.74) is 3.06. The molecule has 0 spiro atoms. The summed E-state index contributed by atoms with van der Waals surface area (Å²) in [6, 6.07) is 13.8. The molecule has 0 fully saturated rings. The van der Waals surface area contributed by atoms with E-state index in [1.54, 1.807) is 10.9 Å². The average molecular weight is 309 g/mol. The summed E-state index contributed by atoms with van der Waals surface area (Å²) in [6.45, 7) is 4.73. The first-order chi connectivity index (χ1) is 11.1. The van der Waals surface area contributed by atoms with E-state index in [0.29, 0.717) is 12.4 Å². The number of aryl methyl sites for hydroxylation is 2. The van der Waals surface area contributed by atoms with Crippen molar-refractivity contribution in [3.8, 4) is 0 Å². The van der Waals surface area contributed by atoms with Crippen molar-refractivity contribution in [2.24, 2.45) is 0 Å². The monoisotopic (exact) mass is 309 g/mol. The van der Waals surface area contributed by atoms with Crippen molar-refractivity contribution >= 4 is 11.7 Å². The van der Waals surface area contributed by atoms with Gasteiger partial charge in [-0.25, -0.2) is 0 Å². The molecule has 0 aliphatic rings. The van der Waals surface area contributed by atoms with Crippen LogP contribution >= 0.6 is 0 Å². The summed E-state index contributed by atoms with van der Waals surface area (Å²) < 4.78 is 3.49. The second-order valence-electron chi connectivity index (χ2n) is 5.52. The highest BCUT2D eigenvalue weighted by Crippen LogP contribution is 2.11. The topological polar surface area (TPSA) is 64.7 Å². The first-order valence-corrected chi connectivity index (χ1v) is 7.48. The van der Waals surface area contributed by atoms with Gasteiger partial charge in [-0.3, -0.25) is 14.2 Å². The third kappa shape index (κ3) is 3.85. The van der Waals surface area contributed by atoms with Gasteiger partial charge in [0.25, 0.3) is 0 Å². The number of carbonyl (C=O) groups excluding carboxylic acids is 1. The minimum atomic E-state index is -0.141. The van der Waals surface area contributed by atoms with Crippen molar-refractivity contribution in [2.45, 2.75) is 26.9 Å². The zero-order valence-electron chi connectivity index (χ0n) is 13.2. The van der Waals surface area contributed by atoms with Crippen LogP contribution in [0.4, 0.5) is 5.82 Å². The Balaban J connectivity index is 1.65. The molecule has 23 heavy (non-hydrogen) atoms. The molecule has 0 saturated heterocycles. The molecule has 3 rings (SSSR count). The van der Waals surface area contributed by atoms with Crippen molar-refractivity contribution in [3.05, 3.63) is 65.6 Å². The fourth-order valence-electron chi connectivity index (χ4n) is 2.37. The molecular formula is C17H19N5O. The van der Waals surface area contributed by atoms with Crippen molar-refractivity contribution in [3.63, 3.8) is 0 Å². The SMILES string of the molecule is Cc1ccn(CC(=O)Nc2cc(C)n(Cc3ccccc3)n2)n1. The first-order valence-electron chi connectivity index (χ1n) is 7.48. The number of aromatic nitrogens is 4. The lowest BCUT2D eigenvalue weighted by Gasteiger charge is -2.04. The number of nitrogens with zero attached hydrogens (tertiary/aromatic N) is 4. The Hall–Kier alpha value is -2.89. The summed E-state index contributed by atoms with van der Waals surface area (Å²) in [7, 11) is 0. The predicted molar refractivity (Wildman–Crippen MR) is 88.1 cm³/mol. The van der Waals surface area contributed by atoms with Gasteiger partial charge < -0.3 is 5.32 Å². The number of benzene rings is 1. The van der Waals surface area contributed by atoms with Gasteiger partial charge in [-0.1, -0.05) is 30.3 Å². The molecule has 1 aromatic carbocycles. The van der Waals surface area contributed by atoms with E-state index in [0.717, 1.165) is 11.4 Å². The number of hydrogen-bond acceptors (Lipinski definition) is 3. The Morgan fingerprint density at radius 3 is 2.61 bits per heavy atom. The summed E-state index contributed by atoms with van der Waals surface area (Å²) in [4.78, 5) is 12.0. The van der Waals surface area contributed by atoms with Gasteiger partial charge in [0.05, 0.1) is 12.2 Å². The van der Waals surface area contributed by atoms with E-state index in [4.69, 9.17) is 0 Å². The molecule has 1 N–H and O–H groups in total. The molecular weight excluding hydrogens is 290 g/mol. The van der Waals surface area contributed by atoms with Gasteiger partial charge >= 0.3 is 0 Å². The van der Waals surface area contributed by atoms with Crippen molar-refractivity contribution in [1.29, 1.82) is 0 Å². The highest BCUT2D eigenvalue weighted by molar-refractivity contribution is 5.89. The van der Waals surface area contributed by atoms with Gasteiger partial charge in [-0.2, -0.15) is 10.2 Å². The highest BCUT2D eigenvalue weighted by Gasteiger charge is 2.09. The molecule has 2 aromatic heterocycles. The molecule has 1 amide bonds. The van der Waals surface area contributed by atoms with Crippen LogP contribution in [-0.2, 0) is 17.9 Å². The van der Waals surface area contributed by atoms with Crippen molar-refractivity contribution < 1.29 is 4.79 Å². The Morgan fingerprint density at radius 2 is 1.91 bits per heavy atom. The number of carbonyl (C=O) groups is 1. The minimum absolute atomic E-state index is 0.141. The molecule has 0 aliphatic heterocycles. The predicted octanol–water partition coefficient (Wildman–Crippen LogP) is 2.38. The maximum Gasteiger partial charge on any atom is 0.247 e. The van der Waals surface area contributed by atoms with Gasteiger partial charge in [0.2, 0.25) is 5.91 Å². The number of hydrogen-bond donors (Lipinski definition) is 1. The van der Waals surface area contributed by atoms with E-state index in [9.17, 15) is 4.79 Å². The normalized spacial score (nSPS) is 10.7. The number of rotatable bonds is 5. The highest BCUT2D eigenvalue weighted by atomic mass is 16.2. The maximum absolute atomic E-state index is 12.0. The van der Waals surface area contributed by atoms with Crippen LogP contribution in [0, 0.1) is 13.8 Å². The van der Waals surface area contributed by atoms with E-state index in [-0.39, 0.29) is 12.5 Å². The molecule has 0 aliphatic carbocycles. The van der Waals surface area contributed by atoms with Gasteiger partial charge in [0.15, 0.2) is 5.82 Å². The van der Waals surface area contributed by atoms with Crippen molar-refractivity contribution in [2.75, 3.05) is 5.32 Å². The lowest BCUT2D eigenvalue weighted by Crippen LogP contribution is -2.19. The smallest absolute Gasteiger partial charge is 0.247 e.